The normalized spacial score (nSPS) is 11.3. The highest BCUT2D eigenvalue weighted by Crippen LogP contribution is 2.46. The first kappa shape index (κ1) is 16.9. The number of carbonyl (C=O) groups excluding carboxylic acids is 1. The Bertz CT molecular complexity index is 460. The van der Waals surface area contributed by atoms with Crippen molar-refractivity contribution in [1.82, 2.24) is 0 Å². The molecule has 0 saturated heterocycles. The molecule has 6 nitrogen and oxygen atoms in total. The molecule has 0 bridgehead atoms. The van der Waals surface area contributed by atoms with Gasteiger partial charge in [-0.3, -0.25) is 4.57 Å². The molecular weight excluding hydrogens is 283 g/mol. The maximum absolute atomic E-state index is 12.5. The van der Waals surface area contributed by atoms with Crippen molar-refractivity contribution in [2.24, 2.45) is 0 Å². The minimum Gasteiger partial charge on any atom is -0.460 e. The second-order valence-corrected chi connectivity index (χ2v) is 5.77. The van der Waals surface area contributed by atoms with E-state index < -0.39 is 13.6 Å². The molecule has 20 heavy (non-hydrogen) atoms. The Labute approximate surface area is 118 Å². The van der Waals surface area contributed by atoms with E-state index >= 15 is 0 Å². The zero-order valence-electron chi connectivity index (χ0n) is 11.6. The Morgan fingerprint density at radius 3 is 2.15 bits per heavy atom. The Hall–Kier alpha value is -1.20. The molecule has 1 rings (SSSR count). The zero-order chi connectivity index (χ0) is 15.0. The number of aliphatic hydroxyl groups excluding tert-OH is 1. The van der Waals surface area contributed by atoms with E-state index in [-0.39, 0.29) is 26.4 Å². The predicted molar refractivity (Wildman–Crippen MR) is 74.3 cm³/mol. The van der Waals surface area contributed by atoms with Gasteiger partial charge in [0, 0.05) is 0 Å². The van der Waals surface area contributed by atoms with Crippen molar-refractivity contribution in [3.8, 4) is 0 Å². The largest absolute Gasteiger partial charge is 0.460 e. The number of rotatable bonds is 8. The van der Waals surface area contributed by atoms with Crippen molar-refractivity contribution >= 4 is 18.9 Å². The second-order valence-electron chi connectivity index (χ2n) is 3.74. The van der Waals surface area contributed by atoms with Crippen LogP contribution in [-0.2, 0) is 18.3 Å². The van der Waals surface area contributed by atoms with Gasteiger partial charge < -0.3 is 18.9 Å². The molecular formula is C13H19O6P. The second kappa shape index (κ2) is 8.17. The first-order valence-corrected chi connectivity index (χ1v) is 7.89. The van der Waals surface area contributed by atoms with Crippen LogP contribution in [0.2, 0.25) is 0 Å². The number of hydrogen-bond donors (Lipinski definition) is 1. The van der Waals surface area contributed by atoms with Crippen molar-refractivity contribution in [2.75, 3.05) is 26.4 Å². The van der Waals surface area contributed by atoms with Crippen LogP contribution in [0.1, 0.15) is 24.2 Å². The molecule has 1 aromatic carbocycles. The molecule has 112 valence electrons. The van der Waals surface area contributed by atoms with Gasteiger partial charge in [0.25, 0.3) is 0 Å². The monoisotopic (exact) mass is 302 g/mol. The molecule has 0 heterocycles. The first-order valence-electron chi connectivity index (χ1n) is 6.35. The molecule has 0 aliphatic carbocycles. The van der Waals surface area contributed by atoms with Gasteiger partial charge in [0.05, 0.1) is 30.7 Å². The van der Waals surface area contributed by atoms with E-state index in [1.54, 1.807) is 13.8 Å². The summed E-state index contributed by atoms with van der Waals surface area (Å²) in [6, 6.07) is 6.00. The highest BCUT2D eigenvalue weighted by Gasteiger charge is 2.26. The molecule has 7 heteroatoms. The van der Waals surface area contributed by atoms with E-state index in [2.05, 4.69) is 0 Å². The van der Waals surface area contributed by atoms with Gasteiger partial charge >= 0.3 is 13.6 Å². The van der Waals surface area contributed by atoms with Crippen LogP contribution in [0.4, 0.5) is 0 Å². The molecule has 0 atom stereocenters. The molecule has 0 aliphatic rings. The van der Waals surface area contributed by atoms with Crippen LogP contribution in [-0.4, -0.2) is 37.5 Å². The average molecular weight is 302 g/mol. The van der Waals surface area contributed by atoms with Crippen LogP contribution >= 0.6 is 7.60 Å². The zero-order valence-corrected chi connectivity index (χ0v) is 12.5. The summed E-state index contributed by atoms with van der Waals surface area (Å²) in [7, 11) is -3.34. The van der Waals surface area contributed by atoms with Crippen molar-refractivity contribution in [3.05, 3.63) is 29.8 Å². The predicted octanol–water partition coefficient (Wildman–Crippen LogP) is 1.73. The maximum Gasteiger partial charge on any atom is 0.361 e. The third kappa shape index (κ3) is 4.42. The molecule has 0 saturated carbocycles. The lowest BCUT2D eigenvalue weighted by Crippen LogP contribution is -2.13. The van der Waals surface area contributed by atoms with Crippen LogP contribution in [0.5, 0.6) is 0 Å². The minimum absolute atomic E-state index is 0.0586. The number of esters is 1. The molecule has 1 N–H and O–H groups in total. The van der Waals surface area contributed by atoms with Gasteiger partial charge in [-0.15, -0.1) is 0 Å². The lowest BCUT2D eigenvalue weighted by Gasteiger charge is -2.17. The topological polar surface area (TPSA) is 82.1 Å². The quantitative estimate of drug-likeness (QED) is 0.581. The smallest absolute Gasteiger partial charge is 0.361 e. The summed E-state index contributed by atoms with van der Waals surface area (Å²) >= 11 is 0. The van der Waals surface area contributed by atoms with E-state index in [1.807, 2.05) is 0 Å². The van der Waals surface area contributed by atoms with Crippen molar-refractivity contribution in [3.63, 3.8) is 0 Å². The lowest BCUT2D eigenvalue weighted by molar-refractivity contribution is 0.0433. The third-order valence-corrected chi connectivity index (χ3v) is 4.47. The fourth-order valence-corrected chi connectivity index (χ4v) is 3.09. The van der Waals surface area contributed by atoms with Gasteiger partial charge in [0.2, 0.25) is 0 Å². The number of aliphatic hydroxyl groups is 1. The Balaban J connectivity index is 2.88. The van der Waals surface area contributed by atoms with Crippen LogP contribution < -0.4 is 5.30 Å². The van der Waals surface area contributed by atoms with Crippen molar-refractivity contribution in [2.45, 2.75) is 13.8 Å². The summed E-state index contributed by atoms with van der Waals surface area (Å²) in [6.45, 7) is 3.69. The summed E-state index contributed by atoms with van der Waals surface area (Å²) in [5, 5.41) is 8.97. The summed E-state index contributed by atoms with van der Waals surface area (Å²) in [5.74, 6) is -0.548. The SMILES string of the molecule is CCOP(=O)(OCC)c1ccc(C(=O)OCCO)cc1. The van der Waals surface area contributed by atoms with Gasteiger partial charge in [-0.1, -0.05) is 0 Å². The molecule has 0 amide bonds. The summed E-state index contributed by atoms with van der Waals surface area (Å²) in [4.78, 5) is 11.6. The van der Waals surface area contributed by atoms with Gasteiger partial charge in [-0.2, -0.15) is 0 Å². The number of ether oxygens (including phenoxy) is 1. The maximum atomic E-state index is 12.5. The molecule has 0 aliphatic heterocycles. The summed E-state index contributed by atoms with van der Waals surface area (Å²) < 4.78 is 27.7. The van der Waals surface area contributed by atoms with E-state index in [4.69, 9.17) is 18.9 Å². The Kier molecular flexibility index (Phi) is 6.88. The first-order chi connectivity index (χ1) is 9.57. The van der Waals surface area contributed by atoms with Crippen LogP contribution in [0.3, 0.4) is 0 Å². The fourth-order valence-electron chi connectivity index (χ4n) is 1.53. The van der Waals surface area contributed by atoms with Gasteiger partial charge in [-0.25, -0.2) is 4.79 Å². The van der Waals surface area contributed by atoms with Crippen LogP contribution in [0, 0.1) is 0 Å². The van der Waals surface area contributed by atoms with Gasteiger partial charge in [0.1, 0.15) is 6.61 Å². The van der Waals surface area contributed by atoms with Crippen LogP contribution in [0.15, 0.2) is 24.3 Å². The minimum atomic E-state index is -3.34. The molecule has 0 unspecified atom stereocenters. The Morgan fingerprint density at radius 2 is 1.70 bits per heavy atom. The number of carbonyl (C=O) groups is 1. The fraction of sp³-hybridized carbons (Fsp3) is 0.462. The third-order valence-electron chi connectivity index (χ3n) is 2.34. The van der Waals surface area contributed by atoms with Crippen LogP contribution in [0.25, 0.3) is 0 Å². The van der Waals surface area contributed by atoms with E-state index in [9.17, 15) is 9.36 Å². The van der Waals surface area contributed by atoms with E-state index in [0.29, 0.717) is 10.9 Å². The molecule has 0 aromatic heterocycles. The van der Waals surface area contributed by atoms with Crippen molar-refractivity contribution < 1.29 is 28.3 Å². The molecule has 0 fully saturated rings. The van der Waals surface area contributed by atoms with E-state index in [1.165, 1.54) is 24.3 Å². The summed E-state index contributed by atoms with van der Waals surface area (Å²) in [6.07, 6.45) is 0. The highest BCUT2D eigenvalue weighted by atomic mass is 31.2. The molecule has 0 radical (unpaired) electrons. The standard InChI is InChI=1S/C13H19O6P/c1-3-18-20(16,19-4-2)12-7-5-11(6-8-12)13(15)17-10-9-14/h5-8,14H,3-4,9-10H2,1-2H3. The van der Waals surface area contributed by atoms with Gasteiger partial charge in [-0.05, 0) is 38.1 Å². The van der Waals surface area contributed by atoms with Crippen molar-refractivity contribution in [1.29, 1.82) is 0 Å². The van der Waals surface area contributed by atoms with Gasteiger partial charge in [0.15, 0.2) is 0 Å². The Morgan fingerprint density at radius 1 is 1.15 bits per heavy atom. The number of benzene rings is 1. The average Bonchev–Trinajstić information content (AvgIpc) is 2.45. The molecule has 1 aromatic rings. The highest BCUT2D eigenvalue weighted by molar-refractivity contribution is 7.62. The summed E-state index contributed by atoms with van der Waals surface area (Å²) in [5.41, 5.74) is 0.307. The van der Waals surface area contributed by atoms with E-state index in [0.717, 1.165) is 0 Å². The number of hydrogen-bond acceptors (Lipinski definition) is 6. The lowest BCUT2D eigenvalue weighted by atomic mass is 10.2. The molecule has 0 spiro atoms.